The summed E-state index contributed by atoms with van der Waals surface area (Å²) in [6, 6.07) is 11.1. The minimum absolute atomic E-state index is 0.492. The largest absolute Gasteiger partial charge is 0.356 e. The van der Waals surface area contributed by atoms with Gasteiger partial charge in [-0.05, 0) is 32.4 Å². The Morgan fingerprint density at radius 3 is 2.69 bits per heavy atom. The van der Waals surface area contributed by atoms with Gasteiger partial charge in [0.1, 0.15) is 5.01 Å². The molecule has 1 aromatic carbocycles. The number of nitrogens with zero attached hydrogens (tertiary/aromatic N) is 3. The normalized spacial score (nSPS) is 13.0. The van der Waals surface area contributed by atoms with E-state index < -0.39 is 0 Å². The molecule has 1 aromatic heterocycles. The van der Waals surface area contributed by atoms with E-state index in [4.69, 9.17) is 0 Å². The average molecular weight is 374 g/mol. The van der Waals surface area contributed by atoms with Crippen LogP contribution in [0.2, 0.25) is 0 Å². The van der Waals surface area contributed by atoms with Crippen LogP contribution in [0.25, 0.3) is 0 Å². The molecule has 0 aliphatic rings. The minimum atomic E-state index is 0.492. The maximum absolute atomic E-state index is 4.43. The Labute approximate surface area is 161 Å². The smallest absolute Gasteiger partial charge is 0.191 e. The van der Waals surface area contributed by atoms with Crippen LogP contribution < -0.4 is 10.6 Å². The Morgan fingerprint density at radius 2 is 2.04 bits per heavy atom. The highest BCUT2D eigenvalue weighted by Crippen LogP contribution is 2.12. The van der Waals surface area contributed by atoms with Gasteiger partial charge in [-0.1, -0.05) is 37.3 Å². The number of aliphatic imine (C=N–C) groups is 1. The highest BCUT2D eigenvalue weighted by molar-refractivity contribution is 7.11. The molecular formula is C20H31N5S. The van der Waals surface area contributed by atoms with Gasteiger partial charge in [0.2, 0.25) is 0 Å². The molecule has 0 fully saturated rings. The van der Waals surface area contributed by atoms with Crippen molar-refractivity contribution < 1.29 is 0 Å². The molecule has 0 amide bonds. The highest BCUT2D eigenvalue weighted by atomic mass is 32.1. The summed E-state index contributed by atoms with van der Waals surface area (Å²) >= 11 is 1.76. The Hall–Kier alpha value is -1.92. The topological polar surface area (TPSA) is 52.6 Å². The summed E-state index contributed by atoms with van der Waals surface area (Å²) in [6.45, 7) is 6.99. The van der Waals surface area contributed by atoms with Gasteiger partial charge in [-0.2, -0.15) is 0 Å². The molecule has 0 saturated heterocycles. The lowest BCUT2D eigenvalue weighted by Gasteiger charge is -2.25. The van der Waals surface area contributed by atoms with Gasteiger partial charge < -0.3 is 10.6 Å². The molecule has 0 spiro atoms. The average Bonchev–Trinajstić information content (AvgIpc) is 3.13. The Kier molecular flexibility index (Phi) is 8.58. The number of nitrogens with one attached hydrogen (secondary N) is 2. The van der Waals surface area contributed by atoms with Gasteiger partial charge in [-0.3, -0.25) is 9.89 Å². The van der Waals surface area contributed by atoms with Crippen molar-refractivity contribution in [1.82, 2.24) is 20.5 Å². The summed E-state index contributed by atoms with van der Waals surface area (Å²) in [5.74, 6) is 0.830. The predicted molar refractivity (Wildman–Crippen MR) is 112 cm³/mol. The minimum Gasteiger partial charge on any atom is -0.356 e. The third kappa shape index (κ3) is 6.77. The van der Waals surface area contributed by atoms with Crippen molar-refractivity contribution in [2.75, 3.05) is 20.6 Å². The van der Waals surface area contributed by atoms with Gasteiger partial charge in [-0.15, -0.1) is 11.3 Å². The van der Waals surface area contributed by atoms with E-state index in [-0.39, 0.29) is 0 Å². The molecular weight excluding hydrogens is 342 g/mol. The van der Waals surface area contributed by atoms with E-state index in [9.17, 15) is 0 Å². The van der Waals surface area contributed by atoms with Gasteiger partial charge in [0, 0.05) is 37.3 Å². The van der Waals surface area contributed by atoms with E-state index in [1.807, 2.05) is 6.20 Å². The number of hydrogen-bond acceptors (Lipinski definition) is 4. The van der Waals surface area contributed by atoms with Crippen molar-refractivity contribution >= 4 is 17.3 Å². The molecule has 1 heterocycles. The van der Waals surface area contributed by atoms with Crippen LogP contribution in [0.3, 0.4) is 0 Å². The number of hydrogen-bond donors (Lipinski definition) is 2. The summed E-state index contributed by atoms with van der Waals surface area (Å²) in [6.07, 6.45) is 4.06. The Morgan fingerprint density at radius 1 is 1.27 bits per heavy atom. The van der Waals surface area contributed by atoms with Crippen molar-refractivity contribution in [3.63, 3.8) is 0 Å². The summed E-state index contributed by atoms with van der Waals surface area (Å²) in [7, 11) is 3.98. The first-order valence-corrected chi connectivity index (χ1v) is 10.1. The van der Waals surface area contributed by atoms with E-state index >= 15 is 0 Å². The Bertz CT molecular complexity index is 668. The van der Waals surface area contributed by atoms with Gasteiger partial charge in [0.15, 0.2) is 5.96 Å². The van der Waals surface area contributed by atoms with Crippen LogP contribution in [0.4, 0.5) is 0 Å². The van der Waals surface area contributed by atoms with Crippen molar-refractivity contribution in [1.29, 1.82) is 0 Å². The lowest BCUT2D eigenvalue weighted by Crippen LogP contribution is -2.39. The van der Waals surface area contributed by atoms with Crippen LogP contribution in [-0.2, 0) is 19.5 Å². The number of guanidine groups is 1. The van der Waals surface area contributed by atoms with Crippen molar-refractivity contribution in [2.24, 2.45) is 4.99 Å². The number of thiazole rings is 1. The maximum Gasteiger partial charge on any atom is 0.191 e. The maximum atomic E-state index is 4.43. The predicted octanol–water partition coefficient (Wildman–Crippen LogP) is 3.28. The second-order valence-electron chi connectivity index (χ2n) is 6.46. The van der Waals surface area contributed by atoms with E-state index in [2.05, 4.69) is 76.7 Å². The van der Waals surface area contributed by atoms with E-state index in [1.54, 1.807) is 18.4 Å². The van der Waals surface area contributed by atoms with E-state index in [0.717, 1.165) is 36.9 Å². The Balaban J connectivity index is 1.69. The third-order valence-corrected chi connectivity index (χ3v) is 5.60. The third-order valence-electron chi connectivity index (χ3n) is 4.46. The first-order valence-electron chi connectivity index (χ1n) is 9.24. The second kappa shape index (κ2) is 10.9. The first-order chi connectivity index (χ1) is 12.6. The zero-order chi connectivity index (χ0) is 18.8. The van der Waals surface area contributed by atoms with Gasteiger partial charge in [0.25, 0.3) is 0 Å². The summed E-state index contributed by atoms with van der Waals surface area (Å²) in [4.78, 5) is 12.4. The van der Waals surface area contributed by atoms with E-state index in [0.29, 0.717) is 12.6 Å². The number of rotatable bonds is 9. The lowest BCUT2D eigenvalue weighted by atomic mass is 10.1. The molecule has 2 rings (SSSR count). The molecule has 26 heavy (non-hydrogen) atoms. The molecule has 1 unspecified atom stereocenters. The van der Waals surface area contributed by atoms with Crippen LogP contribution in [0.1, 0.15) is 35.7 Å². The van der Waals surface area contributed by atoms with E-state index in [1.165, 1.54) is 10.4 Å². The SMILES string of the molecule is CCc1cnc(CNC(=NC)NCCC(C)N(C)Cc2ccccc2)s1. The molecule has 0 aliphatic heterocycles. The zero-order valence-corrected chi connectivity index (χ0v) is 17.1. The van der Waals surface area contributed by atoms with Crippen LogP contribution >= 0.6 is 11.3 Å². The monoisotopic (exact) mass is 373 g/mol. The standard InChI is InChI=1S/C20H31N5S/c1-5-18-13-23-19(26-18)14-24-20(21-3)22-12-11-16(2)25(4)15-17-9-7-6-8-10-17/h6-10,13,16H,5,11-12,14-15H2,1-4H3,(H2,21,22,24). The van der Waals surface area contributed by atoms with Crippen molar-refractivity contribution in [3.8, 4) is 0 Å². The van der Waals surface area contributed by atoms with Gasteiger partial charge >= 0.3 is 0 Å². The van der Waals surface area contributed by atoms with Crippen LogP contribution in [0, 0.1) is 0 Å². The van der Waals surface area contributed by atoms with Gasteiger partial charge in [0.05, 0.1) is 6.54 Å². The molecule has 0 saturated carbocycles. The summed E-state index contributed by atoms with van der Waals surface area (Å²) in [5.41, 5.74) is 1.35. The molecule has 2 N–H and O–H groups in total. The first kappa shape index (κ1) is 20.4. The quantitative estimate of drug-likeness (QED) is 0.523. The lowest BCUT2D eigenvalue weighted by molar-refractivity contribution is 0.238. The molecule has 2 aromatic rings. The van der Waals surface area contributed by atoms with Gasteiger partial charge in [-0.25, -0.2) is 4.98 Å². The molecule has 1 atom stereocenters. The number of aryl methyl sites for hydroxylation is 1. The molecule has 0 aliphatic carbocycles. The molecule has 6 heteroatoms. The fourth-order valence-electron chi connectivity index (χ4n) is 2.62. The molecule has 5 nitrogen and oxygen atoms in total. The summed E-state index contributed by atoms with van der Waals surface area (Å²) < 4.78 is 0. The second-order valence-corrected chi connectivity index (χ2v) is 7.66. The highest BCUT2D eigenvalue weighted by Gasteiger charge is 2.10. The fraction of sp³-hybridized carbons (Fsp3) is 0.500. The van der Waals surface area contributed by atoms with Crippen molar-refractivity contribution in [2.45, 2.75) is 45.8 Å². The van der Waals surface area contributed by atoms with Crippen LogP contribution in [0.5, 0.6) is 0 Å². The fourth-order valence-corrected chi connectivity index (χ4v) is 3.42. The number of aromatic nitrogens is 1. The van der Waals surface area contributed by atoms with Crippen LogP contribution in [-0.4, -0.2) is 42.5 Å². The number of benzene rings is 1. The summed E-state index contributed by atoms with van der Waals surface area (Å²) in [5, 5.41) is 7.84. The van der Waals surface area contributed by atoms with Crippen molar-refractivity contribution in [3.05, 3.63) is 52.0 Å². The molecule has 142 valence electrons. The molecule has 0 radical (unpaired) electrons. The zero-order valence-electron chi connectivity index (χ0n) is 16.3. The molecule has 0 bridgehead atoms. The van der Waals surface area contributed by atoms with Crippen LogP contribution in [0.15, 0.2) is 41.5 Å².